The number of rotatable bonds is 12. The van der Waals surface area contributed by atoms with Crippen molar-refractivity contribution >= 4 is 22.9 Å². The minimum absolute atomic E-state index is 0.306. The second-order valence-corrected chi connectivity index (χ2v) is 10.6. The second-order valence-electron chi connectivity index (χ2n) is 10.6. The Labute approximate surface area is 230 Å². The molecular formula is C28H42N8O3. The molecule has 0 amide bonds. The Kier molecular flexibility index (Phi) is 8.88. The molecule has 1 aromatic carbocycles. The predicted octanol–water partition coefficient (Wildman–Crippen LogP) is 3.85. The highest BCUT2D eigenvalue weighted by atomic mass is 16.5. The second kappa shape index (κ2) is 12.7. The van der Waals surface area contributed by atoms with Crippen LogP contribution in [0, 0.1) is 0 Å². The van der Waals surface area contributed by atoms with E-state index in [1.807, 2.05) is 18.5 Å². The molecule has 2 aliphatic rings. The number of fused-ring (bicyclic) bond motifs is 1. The average molecular weight is 539 g/mol. The third-order valence-corrected chi connectivity index (χ3v) is 7.89. The molecule has 0 bridgehead atoms. The Balaban J connectivity index is 1.26. The first-order valence-corrected chi connectivity index (χ1v) is 14.1. The van der Waals surface area contributed by atoms with E-state index in [2.05, 4.69) is 20.5 Å². The summed E-state index contributed by atoms with van der Waals surface area (Å²) in [6, 6.07) is 5.03. The lowest BCUT2D eigenvalue weighted by atomic mass is 9.92. The largest absolute Gasteiger partial charge is 0.493 e. The smallest absolute Gasteiger partial charge is 0.227 e. The number of hydrogen-bond donors (Lipinski definition) is 4. The molecule has 212 valence electrons. The summed E-state index contributed by atoms with van der Waals surface area (Å²) in [4.78, 5) is 14.5. The van der Waals surface area contributed by atoms with Gasteiger partial charge in [-0.1, -0.05) is 12.8 Å². The summed E-state index contributed by atoms with van der Waals surface area (Å²) in [6.45, 7) is 2.07. The van der Waals surface area contributed by atoms with Crippen LogP contribution in [-0.2, 0) is 6.54 Å². The van der Waals surface area contributed by atoms with Gasteiger partial charge in [-0.15, -0.1) is 0 Å². The highest BCUT2D eigenvalue weighted by molar-refractivity contribution is 5.84. The quantitative estimate of drug-likeness (QED) is 0.252. The summed E-state index contributed by atoms with van der Waals surface area (Å²) in [5.41, 5.74) is 8.89. The van der Waals surface area contributed by atoms with E-state index in [-0.39, 0.29) is 0 Å². The van der Waals surface area contributed by atoms with Gasteiger partial charge >= 0.3 is 0 Å². The lowest BCUT2D eigenvalue weighted by molar-refractivity contribution is 0.323. The number of ether oxygens (including phenoxy) is 3. The minimum Gasteiger partial charge on any atom is -0.493 e. The molecule has 0 spiro atoms. The summed E-state index contributed by atoms with van der Waals surface area (Å²) in [7, 11) is 4.86. The van der Waals surface area contributed by atoms with Crippen molar-refractivity contribution in [1.29, 1.82) is 0 Å². The van der Waals surface area contributed by atoms with Gasteiger partial charge < -0.3 is 40.5 Å². The van der Waals surface area contributed by atoms with Crippen LogP contribution >= 0.6 is 0 Å². The van der Waals surface area contributed by atoms with E-state index in [4.69, 9.17) is 34.9 Å². The van der Waals surface area contributed by atoms with Crippen LogP contribution in [0.4, 0.5) is 11.8 Å². The van der Waals surface area contributed by atoms with Crippen LogP contribution in [0.3, 0.4) is 0 Å². The molecule has 11 nitrogen and oxygen atoms in total. The molecule has 0 saturated heterocycles. The number of nitrogens with one attached hydrogen (secondary N) is 3. The average Bonchev–Trinajstić information content (AvgIpc) is 3.63. The third kappa shape index (κ3) is 6.30. The molecule has 0 radical (unpaired) electrons. The maximum atomic E-state index is 6.12. The van der Waals surface area contributed by atoms with Gasteiger partial charge in [0.2, 0.25) is 11.7 Å². The Hall–Kier alpha value is -3.31. The maximum Gasteiger partial charge on any atom is 0.227 e. The van der Waals surface area contributed by atoms with Gasteiger partial charge in [-0.2, -0.15) is 9.97 Å². The third-order valence-electron chi connectivity index (χ3n) is 7.89. The van der Waals surface area contributed by atoms with Crippen LogP contribution in [-0.4, -0.2) is 66.0 Å². The fraction of sp³-hybridized carbons (Fsp3) is 0.607. The lowest BCUT2D eigenvalue weighted by Crippen LogP contribution is -2.33. The molecule has 2 heterocycles. The van der Waals surface area contributed by atoms with E-state index in [0.717, 1.165) is 54.8 Å². The number of aromatic nitrogens is 4. The van der Waals surface area contributed by atoms with Crippen molar-refractivity contribution in [3.05, 3.63) is 24.0 Å². The first-order valence-electron chi connectivity index (χ1n) is 14.1. The van der Waals surface area contributed by atoms with E-state index < -0.39 is 0 Å². The van der Waals surface area contributed by atoms with Crippen LogP contribution in [0.5, 0.6) is 17.2 Å². The Bertz CT molecular complexity index is 1210. The van der Waals surface area contributed by atoms with Gasteiger partial charge in [0, 0.05) is 37.8 Å². The molecule has 0 aliphatic heterocycles. The van der Waals surface area contributed by atoms with Gasteiger partial charge in [-0.25, -0.2) is 4.98 Å². The predicted molar refractivity (Wildman–Crippen MR) is 153 cm³/mol. The van der Waals surface area contributed by atoms with E-state index in [1.165, 1.54) is 25.7 Å². The summed E-state index contributed by atoms with van der Waals surface area (Å²) >= 11 is 0. The van der Waals surface area contributed by atoms with Gasteiger partial charge in [-0.3, -0.25) is 0 Å². The van der Waals surface area contributed by atoms with Gasteiger partial charge in [0.15, 0.2) is 28.5 Å². The van der Waals surface area contributed by atoms with Crippen LogP contribution in [0.25, 0.3) is 11.2 Å². The molecule has 2 fully saturated rings. The Morgan fingerprint density at radius 2 is 1.64 bits per heavy atom. The van der Waals surface area contributed by atoms with Crippen molar-refractivity contribution in [3.63, 3.8) is 0 Å². The molecule has 5 rings (SSSR count). The molecule has 2 aromatic heterocycles. The summed E-state index contributed by atoms with van der Waals surface area (Å²) < 4.78 is 18.6. The number of benzene rings is 1. The number of nitrogens with zero attached hydrogens (tertiary/aromatic N) is 4. The van der Waals surface area contributed by atoms with Crippen molar-refractivity contribution < 1.29 is 14.2 Å². The first-order chi connectivity index (χ1) is 19.1. The van der Waals surface area contributed by atoms with Crippen molar-refractivity contribution in [2.75, 3.05) is 45.1 Å². The number of methoxy groups -OCH3 is 3. The molecule has 11 heteroatoms. The highest BCUT2D eigenvalue weighted by Gasteiger charge is 2.24. The van der Waals surface area contributed by atoms with Gasteiger partial charge in [0.1, 0.15) is 0 Å². The molecule has 0 unspecified atom stereocenters. The number of hydrogen-bond acceptors (Lipinski definition) is 10. The minimum atomic E-state index is 0.306. The van der Waals surface area contributed by atoms with Crippen LogP contribution < -0.4 is 35.9 Å². The Morgan fingerprint density at radius 1 is 0.923 bits per heavy atom. The summed E-state index contributed by atoms with van der Waals surface area (Å²) in [5.74, 6) is 3.31. The van der Waals surface area contributed by atoms with Crippen molar-refractivity contribution in [1.82, 2.24) is 24.8 Å². The fourth-order valence-electron chi connectivity index (χ4n) is 5.74. The van der Waals surface area contributed by atoms with Gasteiger partial charge in [-0.05, 0) is 56.2 Å². The standard InChI is InChI=1S/C28H42N8O3/c1-37-22-14-18(15-23(38-2)25(22)39-3)16-30-12-13-31-26-24-27(36(17-32-24)21-6-4-5-7-21)35-28(34-26)33-20-10-8-19(29)9-11-20/h14-15,17,19-21,30H,4-13,16,29H2,1-3H3,(H2,31,33,34,35)/t19-,20-. The molecule has 2 saturated carbocycles. The van der Waals surface area contributed by atoms with Crippen LogP contribution in [0.2, 0.25) is 0 Å². The molecule has 2 aliphatic carbocycles. The number of nitrogens with two attached hydrogens (primary N) is 1. The molecule has 0 atom stereocenters. The first kappa shape index (κ1) is 27.3. The van der Waals surface area contributed by atoms with Gasteiger partial charge in [0.05, 0.1) is 27.7 Å². The monoisotopic (exact) mass is 538 g/mol. The van der Waals surface area contributed by atoms with Gasteiger partial charge in [0.25, 0.3) is 0 Å². The van der Waals surface area contributed by atoms with E-state index >= 15 is 0 Å². The number of imidazole rings is 1. The fourth-order valence-corrected chi connectivity index (χ4v) is 5.74. The topological polar surface area (TPSA) is 133 Å². The van der Waals surface area contributed by atoms with E-state index in [1.54, 1.807) is 21.3 Å². The van der Waals surface area contributed by atoms with Crippen molar-refractivity contribution in [3.8, 4) is 17.2 Å². The molecule has 39 heavy (non-hydrogen) atoms. The SMILES string of the molecule is COc1cc(CNCCNc2nc(N[C@H]3CC[C@H](N)CC3)nc3c2ncn3C2CCCC2)cc(OC)c1OC. The van der Waals surface area contributed by atoms with Crippen molar-refractivity contribution in [2.24, 2.45) is 5.73 Å². The van der Waals surface area contributed by atoms with Crippen LogP contribution in [0.15, 0.2) is 18.5 Å². The molecular weight excluding hydrogens is 496 g/mol. The van der Waals surface area contributed by atoms with Crippen LogP contribution in [0.1, 0.15) is 63.0 Å². The van der Waals surface area contributed by atoms with E-state index in [0.29, 0.717) is 54.4 Å². The summed E-state index contributed by atoms with van der Waals surface area (Å²) in [6.07, 6.45) is 10.9. The Morgan fingerprint density at radius 3 is 2.31 bits per heavy atom. The lowest BCUT2D eigenvalue weighted by Gasteiger charge is -2.27. The highest BCUT2D eigenvalue weighted by Crippen LogP contribution is 2.38. The summed E-state index contributed by atoms with van der Waals surface area (Å²) in [5, 5.41) is 10.6. The maximum absolute atomic E-state index is 6.12. The zero-order valence-corrected chi connectivity index (χ0v) is 23.3. The van der Waals surface area contributed by atoms with E-state index in [9.17, 15) is 0 Å². The molecule has 5 N–H and O–H groups in total. The molecule has 3 aromatic rings. The van der Waals surface area contributed by atoms with Crippen molar-refractivity contribution in [2.45, 2.75) is 76.0 Å². The zero-order valence-electron chi connectivity index (χ0n) is 23.3. The normalized spacial score (nSPS) is 19.8. The zero-order chi connectivity index (χ0) is 27.2. The number of anilines is 2.